The van der Waals surface area contributed by atoms with Gasteiger partial charge in [0.15, 0.2) is 11.5 Å². The first-order valence-electron chi connectivity index (χ1n) is 5.70. The van der Waals surface area contributed by atoms with Crippen LogP contribution in [0.15, 0.2) is 18.2 Å². The summed E-state index contributed by atoms with van der Waals surface area (Å²) in [5.41, 5.74) is 0.0267. The molecule has 1 aromatic carbocycles. The summed E-state index contributed by atoms with van der Waals surface area (Å²) in [7, 11) is 1.53. The molecule has 0 spiro atoms. The maximum absolute atomic E-state index is 10.7. The van der Waals surface area contributed by atoms with E-state index in [-0.39, 0.29) is 11.8 Å². The molecule has 0 atom stereocenters. The van der Waals surface area contributed by atoms with Gasteiger partial charge in [0.2, 0.25) is 0 Å². The number of nitrogens with zero attached hydrogens (tertiary/aromatic N) is 1. The molecule has 0 aromatic heterocycles. The number of methoxy groups -OCH3 is 1. The summed E-state index contributed by atoms with van der Waals surface area (Å²) in [6, 6.07) is 4.42. The first-order valence-corrected chi connectivity index (χ1v) is 5.70. The van der Waals surface area contributed by atoms with Crippen molar-refractivity contribution in [1.82, 2.24) is 0 Å². The fourth-order valence-electron chi connectivity index (χ4n) is 2.06. The fourth-order valence-corrected chi connectivity index (χ4v) is 2.06. The van der Waals surface area contributed by atoms with E-state index < -0.39 is 4.92 Å². The van der Waals surface area contributed by atoms with Crippen LogP contribution in [-0.2, 0) is 0 Å². The van der Waals surface area contributed by atoms with Crippen LogP contribution in [0.2, 0.25) is 0 Å². The minimum Gasteiger partial charge on any atom is -0.493 e. The zero-order chi connectivity index (χ0) is 12.3. The number of benzene rings is 1. The molecule has 0 amide bonds. The monoisotopic (exact) mass is 237 g/mol. The van der Waals surface area contributed by atoms with Crippen molar-refractivity contribution in [3.8, 4) is 11.5 Å². The molecule has 1 fully saturated rings. The van der Waals surface area contributed by atoms with Gasteiger partial charge in [0.25, 0.3) is 5.69 Å². The molecule has 5 nitrogen and oxygen atoms in total. The highest BCUT2D eigenvalue weighted by Gasteiger charge is 2.20. The third kappa shape index (κ3) is 2.67. The quantitative estimate of drug-likeness (QED) is 0.596. The molecule has 5 heteroatoms. The molecule has 0 saturated heterocycles. The van der Waals surface area contributed by atoms with Crippen LogP contribution < -0.4 is 9.47 Å². The van der Waals surface area contributed by atoms with E-state index in [1.807, 2.05) is 0 Å². The Hall–Kier alpha value is -1.78. The van der Waals surface area contributed by atoms with Crippen molar-refractivity contribution < 1.29 is 14.4 Å². The number of hydrogen-bond donors (Lipinski definition) is 0. The predicted octanol–water partition coefficient (Wildman–Crippen LogP) is 2.92. The van der Waals surface area contributed by atoms with E-state index in [1.165, 1.54) is 19.2 Å². The SMILES string of the molecule is COc1ccc([N+](=O)[O-])cc1OC1CCCC1. The van der Waals surface area contributed by atoms with Gasteiger partial charge in [-0.3, -0.25) is 10.1 Å². The van der Waals surface area contributed by atoms with Gasteiger partial charge < -0.3 is 9.47 Å². The molecule has 0 unspecified atom stereocenters. The van der Waals surface area contributed by atoms with Gasteiger partial charge in [-0.15, -0.1) is 0 Å². The van der Waals surface area contributed by atoms with Crippen molar-refractivity contribution in [1.29, 1.82) is 0 Å². The van der Waals surface area contributed by atoms with Crippen molar-refractivity contribution in [2.24, 2.45) is 0 Å². The molecule has 1 aromatic rings. The minimum absolute atomic E-state index is 0.0267. The second kappa shape index (κ2) is 5.03. The van der Waals surface area contributed by atoms with Crippen LogP contribution in [0.25, 0.3) is 0 Å². The zero-order valence-electron chi connectivity index (χ0n) is 9.72. The lowest BCUT2D eigenvalue weighted by molar-refractivity contribution is -0.385. The van der Waals surface area contributed by atoms with Crippen molar-refractivity contribution >= 4 is 5.69 Å². The third-order valence-corrected chi connectivity index (χ3v) is 2.95. The molecule has 17 heavy (non-hydrogen) atoms. The van der Waals surface area contributed by atoms with Gasteiger partial charge in [-0.2, -0.15) is 0 Å². The first kappa shape index (κ1) is 11.7. The summed E-state index contributed by atoms with van der Waals surface area (Å²) < 4.78 is 10.9. The van der Waals surface area contributed by atoms with E-state index in [2.05, 4.69) is 0 Å². The largest absolute Gasteiger partial charge is 0.493 e. The molecular formula is C12H15NO4. The maximum Gasteiger partial charge on any atom is 0.273 e. The van der Waals surface area contributed by atoms with Gasteiger partial charge in [-0.25, -0.2) is 0 Å². The van der Waals surface area contributed by atoms with E-state index >= 15 is 0 Å². The second-order valence-corrected chi connectivity index (χ2v) is 4.12. The molecule has 0 aliphatic heterocycles. The lowest BCUT2D eigenvalue weighted by Gasteiger charge is -2.15. The summed E-state index contributed by atoms with van der Waals surface area (Å²) in [5.74, 6) is 1.01. The minimum atomic E-state index is -0.430. The average Bonchev–Trinajstić information content (AvgIpc) is 2.81. The van der Waals surface area contributed by atoms with Crippen LogP contribution in [-0.4, -0.2) is 18.1 Å². The molecule has 2 rings (SSSR count). The summed E-state index contributed by atoms with van der Waals surface area (Å²) in [5, 5.41) is 10.7. The Balaban J connectivity index is 2.21. The number of rotatable bonds is 4. The molecule has 0 heterocycles. The predicted molar refractivity (Wildman–Crippen MR) is 62.5 cm³/mol. The smallest absolute Gasteiger partial charge is 0.273 e. The summed E-state index contributed by atoms with van der Waals surface area (Å²) >= 11 is 0. The normalized spacial score (nSPS) is 15.8. The van der Waals surface area contributed by atoms with Crippen molar-refractivity contribution in [2.45, 2.75) is 31.8 Å². The maximum atomic E-state index is 10.7. The van der Waals surface area contributed by atoms with Crippen molar-refractivity contribution in [2.75, 3.05) is 7.11 Å². The van der Waals surface area contributed by atoms with E-state index in [0.29, 0.717) is 11.5 Å². The molecule has 0 bridgehead atoms. The summed E-state index contributed by atoms with van der Waals surface area (Å²) in [6.45, 7) is 0. The van der Waals surface area contributed by atoms with Gasteiger partial charge in [0.1, 0.15) is 0 Å². The van der Waals surface area contributed by atoms with E-state index in [0.717, 1.165) is 25.7 Å². The topological polar surface area (TPSA) is 61.6 Å². The van der Waals surface area contributed by atoms with Crippen LogP contribution in [0.5, 0.6) is 11.5 Å². The van der Waals surface area contributed by atoms with Crippen molar-refractivity contribution in [3.63, 3.8) is 0 Å². The van der Waals surface area contributed by atoms with Crippen LogP contribution in [0.3, 0.4) is 0 Å². The Morgan fingerprint density at radius 3 is 2.59 bits per heavy atom. The number of hydrogen-bond acceptors (Lipinski definition) is 4. The Labute approximate surface area is 99.5 Å². The molecule has 1 saturated carbocycles. The lowest BCUT2D eigenvalue weighted by Crippen LogP contribution is -2.11. The fraction of sp³-hybridized carbons (Fsp3) is 0.500. The summed E-state index contributed by atoms with van der Waals surface area (Å²) in [6.07, 6.45) is 4.48. The Morgan fingerprint density at radius 2 is 2.00 bits per heavy atom. The van der Waals surface area contributed by atoms with E-state index in [4.69, 9.17) is 9.47 Å². The Morgan fingerprint density at radius 1 is 1.29 bits per heavy atom. The third-order valence-electron chi connectivity index (χ3n) is 2.95. The van der Waals surface area contributed by atoms with Gasteiger partial charge >= 0.3 is 0 Å². The van der Waals surface area contributed by atoms with Gasteiger partial charge in [0.05, 0.1) is 24.2 Å². The van der Waals surface area contributed by atoms with Gasteiger partial charge in [-0.1, -0.05) is 0 Å². The average molecular weight is 237 g/mol. The highest BCUT2D eigenvalue weighted by molar-refractivity contribution is 5.48. The molecule has 0 N–H and O–H groups in total. The Kier molecular flexibility index (Phi) is 3.46. The van der Waals surface area contributed by atoms with Gasteiger partial charge in [-0.05, 0) is 31.7 Å². The van der Waals surface area contributed by atoms with Gasteiger partial charge in [0, 0.05) is 6.07 Å². The van der Waals surface area contributed by atoms with Crippen LogP contribution in [0.4, 0.5) is 5.69 Å². The van der Waals surface area contributed by atoms with E-state index in [9.17, 15) is 10.1 Å². The molecule has 1 aliphatic carbocycles. The molecule has 92 valence electrons. The number of ether oxygens (including phenoxy) is 2. The number of nitro benzene ring substituents is 1. The van der Waals surface area contributed by atoms with Crippen LogP contribution in [0, 0.1) is 10.1 Å². The molecular weight excluding hydrogens is 222 g/mol. The lowest BCUT2D eigenvalue weighted by atomic mass is 10.2. The first-order chi connectivity index (χ1) is 8.20. The highest BCUT2D eigenvalue weighted by atomic mass is 16.6. The van der Waals surface area contributed by atoms with E-state index in [1.54, 1.807) is 6.07 Å². The summed E-state index contributed by atoms with van der Waals surface area (Å²) in [4.78, 5) is 10.3. The standard InChI is InChI=1S/C12H15NO4/c1-16-11-7-6-9(13(14)15)8-12(11)17-10-4-2-3-5-10/h6-8,10H,2-5H2,1H3. The molecule has 1 aliphatic rings. The number of non-ortho nitro benzene ring substituents is 1. The molecule has 0 radical (unpaired) electrons. The number of nitro groups is 1. The highest BCUT2D eigenvalue weighted by Crippen LogP contribution is 2.34. The van der Waals surface area contributed by atoms with Crippen LogP contribution in [0.1, 0.15) is 25.7 Å². The zero-order valence-corrected chi connectivity index (χ0v) is 9.72. The van der Waals surface area contributed by atoms with Crippen molar-refractivity contribution in [3.05, 3.63) is 28.3 Å². The van der Waals surface area contributed by atoms with Crippen LogP contribution >= 0.6 is 0 Å². The Bertz CT molecular complexity index is 413. The second-order valence-electron chi connectivity index (χ2n) is 4.12.